The molecule has 3 saturated heterocycles. The summed E-state index contributed by atoms with van der Waals surface area (Å²) in [6, 6.07) is 26.3. The van der Waals surface area contributed by atoms with Gasteiger partial charge >= 0.3 is 0 Å². The molecule has 0 radical (unpaired) electrons. The van der Waals surface area contributed by atoms with Gasteiger partial charge in [0.05, 0.1) is 40.5 Å². The molecule has 1 saturated carbocycles. The van der Waals surface area contributed by atoms with E-state index in [1.807, 2.05) is 60.7 Å². The Morgan fingerprint density at radius 2 is 1.41 bits per heavy atom. The predicted molar refractivity (Wildman–Crippen MR) is 254 cm³/mol. The van der Waals surface area contributed by atoms with Crippen molar-refractivity contribution in [3.8, 4) is 5.75 Å². The SMILES string of the molecule is O=C1CCC(N2C(=O)c3ccc(N4CCN(CCN5CCC(OC6CC(Oc7ccc(CN8C(=O)/C(=C\C=C\c9ccc([N+](=O)[O-])cc9)c9ccccc98)cc7)C6)CC5)CC4)cc3C2=O)C(=O)N1. The van der Waals surface area contributed by atoms with E-state index in [9.17, 15) is 34.1 Å². The van der Waals surface area contributed by atoms with Crippen LogP contribution in [0.15, 0.2) is 103 Å². The molecule has 1 aliphatic carbocycles. The number of carbonyl (C=O) groups excluding carboxylic acids is 5. The van der Waals surface area contributed by atoms with Crippen LogP contribution < -0.4 is 19.9 Å². The average Bonchev–Trinajstić information content (AvgIpc) is 3.75. The number of benzene rings is 4. The molecule has 4 aromatic rings. The van der Waals surface area contributed by atoms with Crippen LogP contribution in [-0.2, 0) is 25.7 Å². The largest absolute Gasteiger partial charge is 0.490 e. The molecule has 5 amide bonds. The van der Waals surface area contributed by atoms with Gasteiger partial charge in [0.15, 0.2) is 0 Å². The number of fused-ring (bicyclic) bond motifs is 2. The lowest BCUT2D eigenvalue weighted by molar-refractivity contribution is -0.384. The minimum Gasteiger partial charge on any atom is -0.490 e. The van der Waals surface area contributed by atoms with Gasteiger partial charge in [0.2, 0.25) is 11.8 Å². The minimum atomic E-state index is -0.973. The highest BCUT2D eigenvalue weighted by Gasteiger charge is 2.45. The van der Waals surface area contributed by atoms with E-state index in [4.69, 9.17) is 9.47 Å². The quantitative estimate of drug-likeness (QED) is 0.0693. The number of nitrogens with zero attached hydrogens (tertiary/aromatic N) is 6. The van der Waals surface area contributed by atoms with Crippen molar-refractivity contribution in [3.63, 3.8) is 0 Å². The predicted octanol–water partition coefficient (Wildman–Crippen LogP) is 5.85. The molecular weight excluding hydrogens is 867 g/mol. The minimum absolute atomic E-state index is 0.0308. The van der Waals surface area contributed by atoms with Crippen molar-refractivity contribution in [2.24, 2.45) is 0 Å². The first-order valence-electron chi connectivity index (χ1n) is 23.5. The number of hydrogen-bond acceptors (Lipinski definition) is 12. The summed E-state index contributed by atoms with van der Waals surface area (Å²) >= 11 is 0. The highest BCUT2D eigenvalue weighted by atomic mass is 16.6. The molecule has 0 aromatic heterocycles. The van der Waals surface area contributed by atoms with Crippen molar-refractivity contribution < 1.29 is 38.4 Å². The molecule has 1 N–H and O–H groups in total. The van der Waals surface area contributed by atoms with Gasteiger partial charge in [0.1, 0.15) is 17.9 Å². The van der Waals surface area contributed by atoms with E-state index in [1.165, 1.54) is 12.1 Å². The molecule has 0 spiro atoms. The van der Waals surface area contributed by atoms with Gasteiger partial charge in [-0.3, -0.25) is 49.2 Å². The second-order valence-electron chi connectivity index (χ2n) is 18.4. The summed E-state index contributed by atoms with van der Waals surface area (Å²) in [5.41, 5.74) is 5.61. The molecule has 4 aromatic carbocycles. The van der Waals surface area contributed by atoms with Gasteiger partial charge in [0.25, 0.3) is 23.4 Å². The summed E-state index contributed by atoms with van der Waals surface area (Å²) in [5.74, 6) is -1.26. The summed E-state index contributed by atoms with van der Waals surface area (Å²) in [6.07, 6.45) is 9.96. The number of imide groups is 2. The van der Waals surface area contributed by atoms with Crippen molar-refractivity contribution >= 4 is 58.2 Å². The van der Waals surface area contributed by atoms with Crippen molar-refractivity contribution in [1.29, 1.82) is 0 Å². The number of nitro benzene ring substituents is 1. The smallest absolute Gasteiger partial charge is 0.269 e. The zero-order valence-electron chi connectivity index (χ0n) is 37.7. The lowest BCUT2D eigenvalue weighted by atomic mass is 9.91. The van der Waals surface area contributed by atoms with Gasteiger partial charge in [-0.2, -0.15) is 0 Å². The topological polar surface area (TPSA) is 175 Å². The first-order valence-corrected chi connectivity index (χ1v) is 23.5. The van der Waals surface area contributed by atoms with Crippen LogP contribution in [0.5, 0.6) is 5.75 Å². The number of ether oxygens (including phenoxy) is 2. The zero-order valence-corrected chi connectivity index (χ0v) is 37.7. The summed E-state index contributed by atoms with van der Waals surface area (Å²) in [5, 5.41) is 13.2. The third kappa shape index (κ3) is 9.44. The lowest BCUT2D eigenvalue weighted by Crippen LogP contribution is -2.54. The number of non-ortho nitro benzene ring substituents is 1. The second kappa shape index (κ2) is 19.3. The number of anilines is 2. The van der Waals surface area contributed by atoms with Crippen LogP contribution in [0.2, 0.25) is 0 Å². The third-order valence-electron chi connectivity index (χ3n) is 14.0. The highest BCUT2D eigenvalue weighted by molar-refractivity contribution is 6.32. The Bertz CT molecular complexity index is 2680. The normalized spacial score (nSPS) is 23.1. The van der Waals surface area contributed by atoms with E-state index in [0.717, 1.165) is 117 Å². The Balaban J connectivity index is 0.621. The molecule has 16 heteroatoms. The number of piperidine rings is 2. The van der Waals surface area contributed by atoms with E-state index in [-0.39, 0.29) is 42.7 Å². The van der Waals surface area contributed by atoms with Gasteiger partial charge in [-0.1, -0.05) is 42.5 Å². The van der Waals surface area contributed by atoms with E-state index < -0.39 is 34.6 Å². The summed E-state index contributed by atoms with van der Waals surface area (Å²) in [7, 11) is 0. The lowest BCUT2D eigenvalue weighted by Gasteiger charge is -2.40. The third-order valence-corrected chi connectivity index (χ3v) is 14.0. The summed E-state index contributed by atoms with van der Waals surface area (Å²) in [4.78, 5) is 84.8. The van der Waals surface area contributed by atoms with Crippen LogP contribution in [0.3, 0.4) is 0 Å². The molecule has 16 nitrogen and oxygen atoms in total. The van der Waals surface area contributed by atoms with E-state index in [2.05, 4.69) is 20.0 Å². The Hall–Kier alpha value is -7.01. The Morgan fingerprint density at radius 3 is 2.13 bits per heavy atom. The van der Waals surface area contributed by atoms with Crippen LogP contribution in [0, 0.1) is 10.1 Å². The van der Waals surface area contributed by atoms with Gasteiger partial charge in [-0.25, -0.2) is 0 Å². The maximum Gasteiger partial charge on any atom is 0.269 e. The maximum atomic E-state index is 13.7. The van der Waals surface area contributed by atoms with E-state index >= 15 is 0 Å². The Kier molecular flexibility index (Phi) is 12.7. The molecule has 10 rings (SSSR count). The number of rotatable bonds is 14. The monoisotopic (exact) mass is 919 g/mol. The molecule has 350 valence electrons. The molecule has 6 aliphatic rings. The number of para-hydroxylation sites is 1. The fourth-order valence-corrected chi connectivity index (χ4v) is 10.1. The number of carbonyl (C=O) groups is 5. The maximum absolute atomic E-state index is 13.7. The fraction of sp³-hybridized carbons (Fsp3) is 0.365. The van der Waals surface area contributed by atoms with Crippen LogP contribution in [0.1, 0.15) is 75.9 Å². The highest BCUT2D eigenvalue weighted by Crippen LogP contribution is 2.38. The van der Waals surface area contributed by atoms with Gasteiger partial charge in [-0.05, 0) is 85.0 Å². The van der Waals surface area contributed by atoms with Gasteiger partial charge in [-0.15, -0.1) is 0 Å². The van der Waals surface area contributed by atoms with Gasteiger partial charge in [0, 0.05) is 101 Å². The van der Waals surface area contributed by atoms with Crippen LogP contribution in [0.25, 0.3) is 11.6 Å². The number of piperazine rings is 1. The van der Waals surface area contributed by atoms with Crippen molar-refractivity contribution in [3.05, 3.63) is 141 Å². The van der Waals surface area contributed by atoms with Crippen molar-refractivity contribution in [2.45, 2.75) is 69.4 Å². The standard InChI is InChI=1S/C52H53N7O9/c60-48-19-18-47(49(61)53-48)58-51(63)44-17-14-37(30-45(44)52(58)64)56-28-26-55(27-29-56)25-24-54-22-20-39(21-23-54)68-41-31-40(32-41)67-38-15-10-35(11-16-38)33-57-46-7-2-1-5-42(46)43(50(57)62)6-3-4-34-8-12-36(13-9-34)59(65)66/h1-17,30,39-41,47H,18-29,31-33H2,(H,53,60,61)/b4-3+,43-6-. The van der Waals surface area contributed by atoms with Crippen molar-refractivity contribution in [2.75, 3.05) is 62.2 Å². The molecule has 4 fully saturated rings. The molecule has 1 atom stereocenters. The number of nitrogens with one attached hydrogen (secondary N) is 1. The van der Waals surface area contributed by atoms with E-state index in [1.54, 1.807) is 41.3 Å². The Labute approximate surface area is 393 Å². The molecule has 5 aliphatic heterocycles. The molecule has 68 heavy (non-hydrogen) atoms. The van der Waals surface area contributed by atoms with Crippen LogP contribution in [0.4, 0.5) is 17.1 Å². The molecule has 1 unspecified atom stereocenters. The van der Waals surface area contributed by atoms with E-state index in [0.29, 0.717) is 23.2 Å². The number of allylic oxidation sites excluding steroid dienone is 2. The average molecular weight is 920 g/mol. The second-order valence-corrected chi connectivity index (χ2v) is 18.4. The molecule has 5 heterocycles. The number of nitro groups is 1. The molecular formula is C52H53N7O9. The first kappa shape index (κ1) is 44.8. The number of amides is 5. The number of likely N-dealkylation sites (tertiary alicyclic amines) is 1. The summed E-state index contributed by atoms with van der Waals surface area (Å²) < 4.78 is 12.8. The van der Waals surface area contributed by atoms with Gasteiger partial charge < -0.3 is 24.2 Å². The van der Waals surface area contributed by atoms with Crippen LogP contribution >= 0.6 is 0 Å². The van der Waals surface area contributed by atoms with Crippen LogP contribution in [-0.4, -0.2) is 126 Å². The summed E-state index contributed by atoms with van der Waals surface area (Å²) in [6.45, 7) is 7.81. The molecule has 0 bridgehead atoms. The first-order chi connectivity index (χ1) is 33.0. The fourth-order valence-electron chi connectivity index (χ4n) is 10.1. The number of hydrogen-bond donors (Lipinski definition) is 1. The van der Waals surface area contributed by atoms with Crippen molar-refractivity contribution in [1.82, 2.24) is 20.0 Å². The zero-order chi connectivity index (χ0) is 46.9. The Morgan fingerprint density at radius 1 is 0.706 bits per heavy atom.